The molecule has 2 N–H and O–H groups in total. The first kappa shape index (κ1) is 22.7. The van der Waals surface area contributed by atoms with Crippen LogP contribution in [-0.4, -0.2) is 51.3 Å². The second-order valence-electron chi connectivity index (χ2n) is 7.55. The highest BCUT2D eigenvalue weighted by Crippen LogP contribution is 2.31. The highest BCUT2D eigenvalue weighted by atomic mass is 79.9. The average molecular weight is 516 g/mol. The SMILES string of the molecule is O=C(O)c1cncc(-c2cnc(N3CCC(Oc4cc(F)ccc4Br)CC3)c(C(=O)O)c2)c1. The van der Waals surface area contributed by atoms with Gasteiger partial charge in [-0.25, -0.2) is 19.0 Å². The molecule has 3 heterocycles. The van der Waals surface area contributed by atoms with E-state index in [2.05, 4.69) is 25.9 Å². The molecule has 170 valence electrons. The zero-order chi connectivity index (χ0) is 23.5. The molecule has 3 aromatic rings. The molecule has 1 aliphatic heterocycles. The minimum absolute atomic E-state index is 0.000424. The Bertz CT molecular complexity index is 1210. The Kier molecular flexibility index (Phi) is 6.55. The van der Waals surface area contributed by atoms with Crippen molar-refractivity contribution < 1.29 is 28.9 Å². The number of ether oxygens (including phenoxy) is 1. The Morgan fingerprint density at radius 3 is 2.45 bits per heavy atom. The van der Waals surface area contributed by atoms with Gasteiger partial charge in [-0.2, -0.15) is 0 Å². The number of benzene rings is 1. The predicted octanol–water partition coefficient (Wildman–Crippen LogP) is 4.49. The van der Waals surface area contributed by atoms with Crippen LogP contribution in [-0.2, 0) is 0 Å². The van der Waals surface area contributed by atoms with Crippen LogP contribution in [0.4, 0.5) is 10.2 Å². The molecule has 0 radical (unpaired) electrons. The third-order valence-corrected chi connectivity index (χ3v) is 6.00. The molecule has 0 unspecified atom stereocenters. The molecule has 10 heteroatoms. The van der Waals surface area contributed by atoms with Crippen LogP contribution in [0, 0.1) is 5.82 Å². The van der Waals surface area contributed by atoms with Crippen LogP contribution in [0.2, 0.25) is 0 Å². The van der Waals surface area contributed by atoms with E-state index >= 15 is 0 Å². The molecule has 0 bridgehead atoms. The first-order chi connectivity index (χ1) is 15.8. The van der Waals surface area contributed by atoms with Gasteiger partial charge in [0, 0.05) is 61.7 Å². The number of carboxylic acids is 2. The van der Waals surface area contributed by atoms with Gasteiger partial charge in [-0.15, -0.1) is 0 Å². The molecule has 33 heavy (non-hydrogen) atoms. The fraction of sp³-hybridized carbons (Fsp3) is 0.217. The summed E-state index contributed by atoms with van der Waals surface area (Å²) in [6.45, 7) is 1.03. The van der Waals surface area contributed by atoms with Crippen molar-refractivity contribution in [2.75, 3.05) is 18.0 Å². The largest absolute Gasteiger partial charge is 0.489 e. The predicted molar refractivity (Wildman–Crippen MR) is 121 cm³/mol. The fourth-order valence-electron chi connectivity index (χ4n) is 3.67. The molecule has 2 aromatic heterocycles. The van der Waals surface area contributed by atoms with Gasteiger partial charge >= 0.3 is 11.9 Å². The highest BCUT2D eigenvalue weighted by molar-refractivity contribution is 9.10. The van der Waals surface area contributed by atoms with E-state index in [0.29, 0.717) is 53.1 Å². The number of halogens is 2. The lowest BCUT2D eigenvalue weighted by molar-refractivity contribution is 0.0685. The van der Waals surface area contributed by atoms with Crippen LogP contribution in [0.25, 0.3) is 11.1 Å². The second kappa shape index (κ2) is 9.53. The van der Waals surface area contributed by atoms with E-state index in [0.717, 1.165) is 0 Å². The quantitative estimate of drug-likeness (QED) is 0.493. The lowest BCUT2D eigenvalue weighted by atomic mass is 10.0. The molecular weight excluding hydrogens is 497 g/mol. The summed E-state index contributed by atoms with van der Waals surface area (Å²) in [4.78, 5) is 33.3. The average Bonchev–Trinajstić information content (AvgIpc) is 2.81. The minimum atomic E-state index is -1.14. The number of carboxylic acid groups (broad SMARTS) is 2. The Morgan fingerprint density at radius 2 is 1.76 bits per heavy atom. The molecule has 0 atom stereocenters. The maximum absolute atomic E-state index is 13.5. The standard InChI is InChI=1S/C23H19BrFN3O5/c24-19-2-1-16(25)9-20(19)33-17-3-5-28(6-4-17)21-18(23(31)32)8-14(12-27-21)13-7-15(22(29)30)11-26-10-13/h1-2,7-12,17H,3-6H2,(H,29,30)(H,31,32). The maximum atomic E-state index is 13.5. The van der Waals surface area contributed by atoms with Crippen molar-refractivity contribution in [3.8, 4) is 16.9 Å². The molecule has 8 nitrogen and oxygen atoms in total. The molecule has 1 aliphatic rings. The van der Waals surface area contributed by atoms with E-state index < -0.39 is 11.9 Å². The normalized spacial score (nSPS) is 14.2. The van der Waals surface area contributed by atoms with Crippen LogP contribution >= 0.6 is 15.9 Å². The molecule has 1 saturated heterocycles. The molecule has 0 amide bonds. The van der Waals surface area contributed by atoms with E-state index in [4.69, 9.17) is 9.84 Å². The minimum Gasteiger partial charge on any atom is -0.489 e. The number of nitrogens with zero attached hydrogens (tertiary/aromatic N) is 3. The number of piperidine rings is 1. The van der Waals surface area contributed by atoms with Gasteiger partial charge in [-0.1, -0.05) is 0 Å². The van der Waals surface area contributed by atoms with Gasteiger partial charge in [0.2, 0.25) is 0 Å². The molecule has 0 spiro atoms. The van der Waals surface area contributed by atoms with E-state index in [1.54, 1.807) is 6.07 Å². The molecule has 1 fully saturated rings. The first-order valence-electron chi connectivity index (χ1n) is 10.1. The lowest BCUT2D eigenvalue weighted by Crippen LogP contribution is -2.39. The van der Waals surface area contributed by atoms with Crippen molar-refractivity contribution in [3.05, 3.63) is 70.3 Å². The van der Waals surface area contributed by atoms with Crippen molar-refractivity contribution in [1.29, 1.82) is 0 Å². The van der Waals surface area contributed by atoms with E-state index in [-0.39, 0.29) is 23.0 Å². The van der Waals surface area contributed by atoms with Crippen molar-refractivity contribution in [1.82, 2.24) is 9.97 Å². The monoisotopic (exact) mass is 515 g/mol. The van der Waals surface area contributed by atoms with Gasteiger partial charge in [-0.3, -0.25) is 4.98 Å². The molecular formula is C23H19BrFN3O5. The van der Waals surface area contributed by atoms with Crippen molar-refractivity contribution >= 4 is 33.7 Å². The Morgan fingerprint density at radius 1 is 1.03 bits per heavy atom. The first-order valence-corrected chi connectivity index (χ1v) is 10.9. The van der Waals surface area contributed by atoms with Crippen LogP contribution in [0.5, 0.6) is 5.75 Å². The lowest BCUT2D eigenvalue weighted by Gasteiger charge is -2.33. The fourth-order valence-corrected chi connectivity index (χ4v) is 4.01. The molecule has 0 aliphatic carbocycles. The summed E-state index contributed by atoms with van der Waals surface area (Å²) in [5.41, 5.74) is 0.936. The third-order valence-electron chi connectivity index (χ3n) is 5.34. The van der Waals surface area contributed by atoms with E-state index in [1.807, 2.05) is 4.90 Å². The van der Waals surface area contributed by atoms with E-state index in [9.17, 15) is 19.1 Å². The van der Waals surface area contributed by atoms with Crippen molar-refractivity contribution in [2.45, 2.75) is 18.9 Å². The topological polar surface area (TPSA) is 113 Å². The number of aromatic nitrogens is 2. The summed E-state index contributed by atoms with van der Waals surface area (Å²) in [6.07, 6.45) is 5.27. The Balaban J connectivity index is 1.51. The van der Waals surface area contributed by atoms with Crippen LogP contribution in [0.3, 0.4) is 0 Å². The Labute approximate surface area is 196 Å². The van der Waals surface area contributed by atoms with Gasteiger partial charge in [-0.05, 0) is 40.2 Å². The molecule has 4 rings (SSSR count). The number of rotatable bonds is 6. The number of carbonyl (C=O) groups is 2. The van der Waals surface area contributed by atoms with Gasteiger partial charge in [0.1, 0.15) is 29.1 Å². The second-order valence-corrected chi connectivity index (χ2v) is 8.40. The third kappa shape index (κ3) is 5.11. The zero-order valence-electron chi connectivity index (χ0n) is 17.2. The molecule has 0 saturated carbocycles. The summed E-state index contributed by atoms with van der Waals surface area (Å²) < 4.78 is 20.1. The van der Waals surface area contributed by atoms with Crippen LogP contribution in [0.15, 0.2) is 53.4 Å². The smallest absolute Gasteiger partial charge is 0.339 e. The number of hydrogen-bond donors (Lipinski definition) is 2. The maximum Gasteiger partial charge on any atom is 0.339 e. The summed E-state index contributed by atoms with van der Waals surface area (Å²) in [6, 6.07) is 7.15. The Hall–Kier alpha value is -3.53. The summed E-state index contributed by atoms with van der Waals surface area (Å²) in [5.74, 6) is -1.88. The summed E-state index contributed by atoms with van der Waals surface area (Å²) in [7, 11) is 0. The number of hydrogen-bond acceptors (Lipinski definition) is 6. The van der Waals surface area contributed by atoms with Gasteiger partial charge < -0.3 is 19.8 Å². The summed E-state index contributed by atoms with van der Waals surface area (Å²) >= 11 is 3.36. The van der Waals surface area contributed by atoms with Crippen molar-refractivity contribution in [3.63, 3.8) is 0 Å². The van der Waals surface area contributed by atoms with Gasteiger partial charge in [0.15, 0.2) is 0 Å². The summed E-state index contributed by atoms with van der Waals surface area (Å²) in [5, 5.41) is 18.9. The number of anilines is 1. The zero-order valence-corrected chi connectivity index (χ0v) is 18.8. The van der Waals surface area contributed by atoms with Crippen LogP contribution in [0.1, 0.15) is 33.6 Å². The highest BCUT2D eigenvalue weighted by Gasteiger charge is 2.26. The number of pyridine rings is 2. The van der Waals surface area contributed by atoms with Crippen molar-refractivity contribution in [2.24, 2.45) is 0 Å². The van der Waals surface area contributed by atoms with E-state index in [1.165, 1.54) is 42.9 Å². The van der Waals surface area contributed by atoms with Gasteiger partial charge in [0.05, 0.1) is 10.0 Å². The number of aromatic carboxylic acids is 2. The molecule has 1 aromatic carbocycles. The van der Waals surface area contributed by atoms with Gasteiger partial charge in [0.25, 0.3) is 0 Å². The van der Waals surface area contributed by atoms with Crippen LogP contribution < -0.4 is 9.64 Å².